The molecule has 84 valence electrons. The molecule has 0 amide bonds. The summed E-state index contributed by atoms with van der Waals surface area (Å²) in [6.07, 6.45) is 0. The molecule has 0 aliphatic rings. The van der Waals surface area contributed by atoms with E-state index in [-0.39, 0.29) is 16.2 Å². The molecule has 0 radical (unpaired) electrons. The Balaban J connectivity index is 2.63. The normalized spacial score (nSPS) is 11.2. The van der Waals surface area contributed by atoms with E-state index >= 15 is 0 Å². The van der Waals surface area contributed by atoms with E-state index in [1.54, 1.807) is 18.2 Å². The standard InChI is InChI=1S/C14H7F3/c15-9-6-11-10(13(17)7-9)5-4-8-2-1-3-12(16)14(8)11/h1-7H. The fourth-order valence-electron chi connectivity index (χ4n) is 2.10. The van der Waals surface area contributed by atoms with Crippen molar-refractivity contribution >= 4 is 21.5 Å². The number of rotatable bonds is 0. The number of hydrogen-bond acceptors (Lipinski definition) is 0. The van der Waals surface area contributed by atoms with E-state index in [4.69, 9.17) is 0 Å². The van der Waals surface area contributed by atoms with Gasteiger partial charge < -0.3 is 0 Å². The third-order valence-corrected chi connectivity index (χ3v) is 2.84. The van der Waals surface area contributed by atoms with Crippen molar-refractivity contribution in [2.75, 3.05) is 0 Å². The zero-order valence-corrected chi connectivity index (χ0v) is 8.68. The summed E-state index contributed by atoms with van der Waals surface area (Å²) in [5.41, 5.74) is 0. The fraction of sp³-hybridized carbons (Fsp3) is 0. The SMILES string of the molecule is Fc1cc(F)c2ccc3cccc(F)c3c2c1. The summed E-state index contributed by atoms with van der Waals surface area (Å²) < 4.78 is 40.5. The lowest BCUT2D eigenvalue weighted by Crippen LogP contribution is -1.87. The molecule has 3 aromatic carbocycles. The third kappa shape index (κ3) is 1.46. The highest BCUT2D eigenvalue weighted by atomic mass is 19.1. The second-order valence-electron chi connectivity index (χ2n) is 3.89. The Bertz CT molecular complexity index is 732. The molecular weight excluding hydrogens is 225 g/mol. The minimum absolute atomic E-state index is 0.226. The molecule has 0 unspecified atom stereocenters. The first kappa shape index (κ1) is 10.1. The molecule has 3 heteroatoms. The van der Waals surface area contributed by atoms with Crippen molar-refractivity contribution in [1.29, 1.82) is 0 Å². The van der Waals surface area contributed by atoms with Crippen LogP contribution in [0.5, 0.6) is 0 Å². The lowest BCUT2D eigenvalue weighted by molar-refractivity contribution is 0.592. The highest BCUT2D eigenvalue weighted by Crippen LogP contribution is 2.29. The van der Waals surface area contributed by atoms with Gasteiger partial charge in [-0.05, 0) is 22.9 Å². The molecule has 0 bridgehead atoms. The van der Waals surface area contributed by atoms with E-state index in [0.717, 1.165) is 12.1 Å². The Morgan fingerprint density at radius 3 is 2.35 bits per heavy atom. The van der Waals surface area contributed by atoms with Gasteiger partial charge >= 0.3 is 0 Å². The number of hydrogen-bond donors (Lipinski definition) is 0. The lowest BCUT2D eigenvalue weighted by atomic mass is 10.0. The quantitative estimate of drug-likeness (QED) is 0.503. The van der Waals surface area contributed by atoms with E-state index in [1.807, 2.05) is 0 Å². The minimum atomic E-state index is -0.703. The maximum atomic E-state index is 13.7. The van der Waals surface area contributed by atoms with Gasteiger partial charge in [0.2, 0.25) is 0 Å². The summed E-state index contributed by atoms with van der Waals surface area (Å²) >= 11 is 0. The van der Waals surface area contributed by atoms with Crippen molar-refractivity contribution in [3.05, 3.63) is 59.9 Å². The Hall–Kier alpha value is -2.03. The van der Waals surface area contributed by atoms with Crippen LogP contribution < -0.4 is 0 Å². The van der Waals surface area contributed by atoms with Gasteiger partial charge in [0, 0.05) is 16.8 Å². The van der Waals surface area contributed by atoms with Crippen LogP contribution >= 0.6 is 0 Å². The largest absolute Gasteiger partial charge is 0.207 e. The third-order valence-electron chi connectivity index (χ3n) is 2.84. The van der Waals surface area contributed by atoms with Crippen molar-refractivity contribution in [1.82, 2.24) is 0 Å². The van der Waals surface area contributed by atoms with Gasteiger partial charge in [0.15, 0.2) is 0 Å². The molecule has 0 atom stereocenters. The first-order chi connectivity index (χ1) is 8.16. The van der Waals surface area contributed by atoms with Gasteiger partial charge in [0.05, 0.1) is 0 Å². The summed E-state index contributed by atoms with van der Waals surface area (Å²) in [7, 11) is 0. The topological polar surface area (TPSA) is 0 Å². The molecule has 0 aromatic heterocycles. The molecule has 3 aromatic rings. The van der Waals surface area contributed by atoms with E-state index in [0.29, 0.717) is 5.39 Å². The van der Waals surface area contributed by atoms with Crippen LogP contribution in [-0.2, 0) is 0 Å². The summed E-state index contributed by atoms with van der Waals surface area (Å²) in [6, 6.07) is 9.68. The number of halogens is 3. The van der Waals surface area contributed by atoms with Gasteiger partial charge in [-0.3, -0.25) is 0 Å². The molecule has 0 aliphatic carbocycles. The van der Waals surface area contributed by atoms with E-state index in [2.05, 4.69) is 0 Å². The monoisotopic (exact) mass is 232 g/mol. The van der Waals surface area contributed by atoms with Crippen LogP contribution in [0.2, 0.25) is 0 Å². The molecule has 0 N–H and O–H groups in total. The molecular formula is C14H7F3. The van der Waals surface area contributed by atoms with Crippen LogP contribution in [0.25, 0.3) is 21.5 Å². The molecule has 0 fully saturated rings. The Morgan fingerprint density at radius 1 is 0.706 bits per heavy atom. The first-order valence-corrected chi connectivity index (χ1v) is 5.13. The molecule has 0 saturated heterocycles. The van der Waals surface area contributed by atoms with Gasteiger partial charge in [0.1, 0.15) is 17.5 Å². The zero-order valence-electron chi connectivity index (χ0n) is 8.68. The van der Waals surface area contributed by atoms with Crippen LogP contribution in [0.3, 0.4) is 0 Å². The second kappa shape index (κ2) is 3.48. The highest BCUT2D eigenvalue weighted by Gasteiger charge is 2.09. The average molecular weight is 232 g/mol. The van der Waals surface area contributed by atoms with Crippen molar-refractivity contribution in [3.8, 4) is 0 Å². The predicted molar refractivity (Wildman–Crippen MR) is 61.3 cm³/mol. The summed E-state index contributed by atoms with van der Waals surface area (Å²) in [5, 5.41) is 1.37. The number of benzene rings is 3. The van der Waals surface area contributed by atoms with E-state index in [1.165, 1.54) is 12.1 Å². The lowest BCUT2D eigenvalue weighted by Gasteiger charge is -2.06. The molecule has 0 heterocycles. The maximum absolute atomic E-state index is 13.7. The van der Waals surface area contributed by atoms with Crippen LogP contribution in [0.15, 0.2) is 42.5 Å². The molecule has 0 saturated carbocycles. The van der Waals surface area contributed by atoms with Crippen LogP contribution in [0.1, 0.15) is 0 Å². The average Bonchev–Trinajstić information content (AvgIpc) is 2.28. The predicted octanol–water partition coefficient (Wildman–Crippen LogP) is 4.41. The fourth-order valence-corrected chi connectivity index (χ4v) is 2.10. The van der Waals surface area contributed by atoms with E-state index in [9.17, 15) is 13.2 Å². The Morgan fingerprint density at radius 2 is 1.53 bits per heavy atom. The molecule has 0 spiro atoms. The van der Waals surface area contributed by atoms with Crippen LogP contribution in [0, 0.1) is 17.5 Å². The van der Waals surface area contributed by atoms with Crippen LogP contribution in [-0.4, -0.2) is 0 Å². The molecule has 3 rings (SSSR count). The molecule has 0 aliphatic heterocycles. The summed E-state index contributed by atoms with van der Waals surface area (Å²) in [4.78, 5) is 0. The van der Waals surface area contributed by atoms with Gasteiger partial charge in [-0.25, -0.2) is 13.2 Å². The number of fused-ring (bicyclic) bond motifs is 3. The Labute approximate surface area is 95.3 Å². The van der Waals surface area contributed by atoms with Crippen molar-refractivity contribution in [3.63, 3.8) is 0 Å². The van der Waals surface area contributed by atoms with Gasteiger partial charge in [-0.2, -0.15) is 0 Å². The molecule has 0 nitrogen and oxygen atoms in total. The summed E-state index contributed by atoms with van der Waals surface area (Å²) in [5.74, 6) is -1.85. The van der Waals surface area contributed by atoms with Crippen molar-refractivity contribution < 1.29 is 13.2 Å². The maximum Gasteiger partial charge on any atom is 0.133 e. The summed E-state index contributed by atoms with van der Waals surface area (Å²) in [6.45, 7) is 0. The van der Waals surface area contributed by atoms with Crippen molar-refractivity contribution in [2.24, 2.45) is 0 Å². The minimum Gasteiger partial charge on any atom is -0.207 e. The smallest absolute Gasteiger partial charge is 0.133 e. The van der Waals surface area contributed by atoms with Gasteiger partial charge in [-0.1, -0.05) is 24.3 Å². The van der Waals surface area contributed by atoms with Gasteiger partial charge in [-0.15, -0.1) is 0 Å². The highest BCUT2D eigenvalue weighted by molar-refractivity contribution is 6.07. The zero-order chi connectivity index (χ0) is 12.0. The van der Waals surface area contributed by atoms with Crippen LogP contribution in [0.4, 0.5) is 13.2 Å². The second-order valence-corrected chi connectivity index (χ2v) is 3.89. The van der Waals surface area contributed by atoms with E-state index < -0.39 is 17.5 Å². The van der Waals surface area contributed by atoms with Gasteiger partial charge in [0.25, 0.3) is 0 Å². The Kier molecular flexibility index (Phi) is 2.08. The first-order valence-electron chi connectivity index (χ1n) is 5.13. The molecule has 17 heavy (non-hydrogen) atoms. The van der Waals surface area contributed by atoms with Crippen molar-refractivity contribution in [2.45, 2.75) is 0 Å².